The Labute approximate surface area is 102 Å². The molecule has 0 bridgehead atoms. The van der Waals surface area contributed by atoms with Gasteiger partial charge in [0.1, 0.15) is 0 Å². The van der Waals surface area contributed by atoms with Gasteiger partial charge in [0.25, 0.3) is 0 Å². The van der Waals surface area contributed by atoms with Crippen LogP contribution in [0.25, 0.3) is 0 Å². The number of hydrogen-bond donors (Lipinski definition) is 1. The third-order valence-corrected chi connectivity index (χ3v) is 3.75. The molecule has 3 nitrogen and oxygen atoms in total. The highest BCUT2D eigenvalue weighted by molar-refractivity contribution is 8.14. The average molecular weight is 246 g/mol. The molecule has 0 amide bonds. The molecule has 0 rings (SSSR count). The highest BCUT2D eigenvalue weighted by atomic mass is 32.2. The first-order valence-electron chi connectivity index (χ1n) is 5.70. The molecule has 0 heterocycles. The van der Waals surface area contributed by atoms with Crippen LogP contribution in [0.3, 0.4) is 0 Å². The number of thioether (sulfide) groups is 1. The third kappa shape index (κ3) is 6.16. The zero-order valence-electron chi connectivity index (χ0n) is 10.6. The minimum absolute atomic E-state index is 0.117. The van der Waals surface area contributed by atoms with E-state index in [4.69, 9.17) is 5.11 Å². The van der Waals surface area contributed by atoms with Crippen molar-refractivity contribution >= 4 is 22.8 Å². The Morgan fingerprint density at radius 1 is 1.31 bits per heavy atom. The molecular weight excluding hydrogens is 224 g/mol. The fraction of sp³-hybridized carbons (Fsp3) is 0.833. The van der Waals surface area contributed by atoms with Gasteiger partial charge in [-0.05, 0) is 33.1 Å². The quantitative estimate of drug-likeness (QED) is 0.748. The highest BCUT2D eigenvalue weighted by Crippen LogP contribution is 2.29. The van der Waals surface area contributed by atoms with Gasteiger partial charge < -0.3 is 5.11 Å². The van der Waals surface area contributed by atoms with Crippen LogP contribution < -0.4 is 0 Å². The molecule has 0 aliphatic rings. The van der Waals surface area contributed by atoms with E-state index in [9.17, 15) is 9.59 Å². The average Bonchev–Trinajstić information content (AvgIpc) is 2.13. The number of hydrogen-bond acceptors (Lipinski definition) is 3. The van der Waals surface area contributed by atoms with Crippen LogP contribution in [-0.4, -0.2) is 21.4 Å². The van der Waals surface area contributed by atoms with Gasteiger partial charge in [-0.25, -0.2) is 0 Å². The van der Waals surface area contributed by atoms with Crippen molar-refractivity contribution in [1.82, 2.24) is 0 Å². The molecule has 4 heteroatoms. The van der Waals surface area contributed by atoms with Gasteiger partial charge in [-0.2, -0.15) is 0 Å². The van der Waals surface area contributed by atoms with E-state index in [0.29, 0.717) is 6.42 Å². The summed E-state index contributed by atoms with van der Waals surface area (Å²) >= 11 is 1.34. The van der Waals surface area contributed by atoms with E-state index in [1.165, 1.54) is 11.8 Å². The van der Waals surface area contributed by atoms with E-state index >= 15 is 0 Å². The van der Waals surface area contributed by atoms with Gasteiger partial charge in [-0.15, -0.1) is 0 Å². The fourth-order valence-electron chi connectivity index (χ4n) is 1.45. The molecule has 0 aromatic rings. The third-order valence-electron chi connectivity index (χ3n) is 2.61. The van der Waals surface area contributed by atoms with Crippen molar-refractivity contribution in [2.45, 2.75) is 58.6 Å². The number of carbonyl (C=O) groups excluding carboxylic acids is 1. The predicted molar refractivity (Wildman–Crippen MR) is 67.6 cm³/mol. The zero-order valence-corrected chi connectivity index (χ0v) is 11.4. The van der Waals surface area contributed by atoms with Gasteiger partial charge in [-0.3, -0.25) is 9.59 Å². The summed E-state index contributed by atoms with van der Waals surface area (Å²) in [6, 6.07) is 0. The summed E-state index contributed by atoms with van der Waals surface area (Å²) < 4.78 is 0. The van der Waals surface area contributed by atoms with E-state index in [1.54, 1.807) is 20.8 Å². The van der Waals surface area contributed by atoms with Gasteiger partial charge in [0.15, 0.2) is 5.12 Å². The first-order valence-corrected chi connectivity index (χ1v) is 6.58. The molecular formula is C12H22O3S. The minimum Gasteiger partial charge on any atom is -0.481 e. The monoisotopic (exact) mass is 246 g/mol. The van der Waals surface area contributed by atoms with Crippen molar-refractivity contribution in [1.29, 1.82) is 0 Å². The number of carboxylic acid groups (broad SMARTS) is 1. The van der Waals surface area contributed by atoms with E-state index in [1.807, 2.05) is 0 Å². The fourth-order valence-corrected chi connectivity index (χ4v) is 2.51. The summed E-state index contributed by atoms with van der Waals surface area (Å²) in [6.07, 6.45) is 3.41. The Morgan fingerprint density at radius 3 is 2.25 bits per heavy atom. The van der Waals surface area contributed by atoms with Crippen molar-refractivity contribution in [2.75, 3.05) is 0 Å². The van der Waals surface area contributed by atoms with Crippen molar-refractivity contribution in [3.63, 3.8) is 0 Å². The molecule has 0 saturated heterocycles. The second-order valence-corrected chi connectivity index (χ2v) is 6.23. The van der Waals surface area contributed by atoms with Crippen molar-refractivity contribution in [3.8, 4) is 0 Å². The van der Waals surface area contributed by atoms with Crippen LogP contribution in [0, 0.1) is 5.41 Å². The molecule has 0 fully saturated rings. The smallest absolute Gasteiger partial charge is 0.309 e. The summed E-state index contributed by atoms with van der Waals surface area (Å²) in [5, 5.41) is 9.37. The lowest BCUT2D eigenvalue weighted by Gasteiger charge is -2.22. The van der Waals surface area contributed by atoms with Crippen molar-refractivity contribution in [3.05, 3.63) is 0 Å². The molecule has 0 spiro atoms. The maximum absolute atomic E-state index is 11.0. The predicted octanol–water partition coefficient (Wildman–Crippen LogP) is 3.33. The molecule has 0 aliphatic heterocycles. The first kappa shape index (κ1) is 15.5. The Bertz CT molecular complexity index is 249. The van der Waals surface area contributed by atoms with E-state index < -0.39 is 11.4 Å². The molecule has 0 aromatic carbocycles. The summed E-state index contributed by atoms with van der Waals surface area (Å²) in [6.45, 7) is 7.11. The zero-order chi connectivity index (χ0) is 12.8. The number of aliphatic carboxylic acids is 1. The Balaban J connectivity index is 4.20. The molecule has 0 aliphatic carbocycles. The lowest BCUT2D eigenvalue weighted by atomic mass is 9.87. The molecule has 94 valence electrons. The molecule has 0 saturated carbocycles. The molecule has 1 atom stereocenters. The summed E-state index contributed by atoms with van der Waals surface area (Å²) in [4.78, 5) is 22.0. The van der Waals surface area contributed by atoms with E-state index in [0.717, 1.165) is 19.3 Å². The van der Waals surface area contributed by atoms with Gasteiger partial charge in [0, 0.05) is 12.2 Å². The van der Waals surface area contributed by atoms with Crippen LogP contribution in [-0.2, 0) is 9.59 Å². The van der Waals surface area contributed by atoms with Crippen LogP contribution >= 0.6 is 11.8 Å². The number of carboxylic acids is 1. The molecule has 0 radical (unpaired) electrons. The topological polar surface area (TPSA) is 54.4 Å². The summed E-state index contributed by atoms with van der Waals surface area (Å²) in [5.41, 5.74) is -0.691. The summed E-state index contributed by atoms with van der Waals surface area (Å²) in [5.74, 6) is -0.768. The maximum Gasteiger partial charge on any atom is 0.309 e. The number of rotatable bonds is 7. The van der Waals surface area contributed by atoms with Crippen LogP contribution in [0.15, 0.2) is 0 Å². The SMILES string of the molecule is CCCC(CCC(C)(C)C(=O)O)SC(C)=O. The van der Waals surface area contributed by atoms with Crippen LogP contribution in [0.2, 0.25) is 0 Å². The van der Waals surface area contributed by atoms with Crippen LogP contribution in [0.4, 0.5) is 0 Å². The van der Waals surface area contributed by atoms with Gasteiger partial charge in [-0.1, -0.05) is 25.1 Å². The van der Waals surface area contributed by atoms with E-state index in [-0.39, 0.29) is 10.4 Å². The first-order chi connectivity index (χ1) is 7.29. The van der Waals surface area contributed by atoms with Crippen LogP contribution in [0.5, 0.6) is 0 Å². The summed E-state index contributed by atoms with van der Waals surface area (Å²) in [7, 11) is 0. The molecule has 16 heavy (non-hydrogen) atoms. The second kappa shape index (κ2) is 6.94. The standard InChI is InChI=1S/C12H22O3S/c1-5-6-10(16-9(2)13)7-8-12(3,4)11(14)15/h10H,5-8H2,1-4H3,(H,14,15). The van der Waals surface area contributed by atoms with Crippen molar-refractivity contribution in [2.24, 2.45) is 5.41 Å². The van der Waals surface area contributed by atoms with Gasteiger partial charge in [0.2, 0.25) is 0 Å². The minimum atomic E-state index is -0.768. The largest absolute Gasteiger partial charge is 0.481 e. The molecule has 0 aromatic heterocycles. The van der Waals surface area contributed by atoms with Gasteiger partial charge in [0.05, 0.1) is 5.41 Å². The van der Waals surface area contributed by atoms with Crippen molar-refractivity contribution < 1.29 is 14.7 Å². The Kier molecular flexibility index (Phi) is 6.72. The van der Waals surface area contributed by atoms with Gasteiger partial charge >= 0.3 is 5.97 Å². The lowest BCUT2D eigenvalue weighted by Crippen LogP contribution is -2.25. The second-order valence-electron chi connectivity index (χ2n) is 4.75. The highest BCUT2D eigenvalue weighted by Gasteiger charge is 2.28. The molecule has 1 N–H and O–H groups in total. The Morgan fingerprint density at radius 2 is 1.88 bits per heavy atom. The molecule has 1 unspecified atom stereocenters. The lowest BCUT2D eigenvalue weighted by molar-refractivity contribution is -0.147. The Hall–Kier alpha value is -0.510. The normalized spacial score (nSPS) is 13.5. The number of carbonyl (C=O) groups is 2. The van der Waals surface area contributed by atoms with E-state index in [2.05, 4.69) is 6.92 Å². The maximum atomic E-state index is 11.0. The van der Waals surface area contributed by atoms with Crippen LogP contribution in [0.1, 0.15) is 53.4 Å².